The first kappa shape index (κ1) is 37.0. The lowest BCUT2D eigenvalue weighted by atomic mass is 9.68. The standard InChI is InChI=1S/C61H39NS2/c1-3-16-42(17-4-1)61(43-18-5-2-6-19-43)51-25-10-7-20-48(51)60-52(61)26-15-27-53(60)62(44-36-32-40(33-37-44)46-23-13-30-56-58(46)49-21-8-11-28-54(49)63-56)45-38-34-41(35-39-45)47-24-14-31-57-59(47)50-22-9-12-29-55(50)64-57/h1-39H. The van der Waals surface area contributed by atoms with E-state index in [1.54, 1.807) is 0 Å². The van der Waals surface area contributed by atoms with E-state index in [0.717, 1.165) is 17.1 Å². The molecule has 2 aromatic heterocycles. The van der Waals surface area contributed by atoms with E-state index in [0.29, 0.717) is 0 Å². The number of fused-ring (bicyclic) bond motifs is 9. The minimum absolute atomic E-state index is 0.506. The Labute approximate surface area is 380 Å². The fourth-order valence-electron chi connectivity index (χ4n) is 10.7. The van der Waals surface area contributed by atoms with E-state index in [1.807, 2.05) is 22.7 Å². The Morgan fingerprint density at radius 2 is 0.734 bits per heavy atom. The van der Waals surface area contributed by atoms with Crippen molar-refractivity contribution in [2.45, 2.75) is 5.41 Å². The van der Waals surface area contributed by atoms with Crippen LogP contribution in [0.15, 0.2) is 237 Å². The molecule has 0 amide bonds. The van der Waals surface area contributed by atoms with Crippen molar-refractivity contribution in [1.29, 1.82) is 0 Å². The molecule has 0 saturated heterocycles. The van der Waals surface area contributed by atoms with Crippen LogP contribution >= 0.6 is 22.7 Å². The van der Waals surface area contributed by atoms with Crippen molar-refractivity contribution in [3.05, 3.63) is 259 Å². The highest BCUT2D eigenvalue weighted by molar-refractivity contribution is 7.26. The van der Waals surface area contributed by atoms with Crippen molar-refractivity contribution in [2.75, 3.05) is 4.90 Å². The molecule has 0 fully saturated rings. The normalized spacial score (nSPS) is 12.8. The molecule has 1 nitrogen and oxygen atoms in total. The lowest BCUT2D eigenvalue weighted by Crippen LogP contribution is -2.28. The average molecular weight is 850 g/mol. The van der Waals surface area contributed by atoms with Crippen LogP contribution in [0.4, 0.5) is 17.1 Å². The van der Waals surface area contributed by atoms with E-state index < -0.39 is 5.41 Å². The zero-order valence-corrected chi connectivity index (χ0v) is 36.4. The summed E-state index contributed by atoms with van der Waals surface area (Å²) < 4.78 is 5.27. The second kappa shape index (κ2) is 14.8. The molecule has 1 aliphatic carbocycles. The Hall–Kier alpha value is -7.56. The Kier molecular flexibility index (Phi) is 8.55. The maximum Gasteiger partial charge on any atom is 0.0714 e. The molecule has 0 N–H and O–H groups in total. The molecule has 0 saturated carbocycles. The average Bonchev–Trinajstić information content (AvgIpc) is 4.04. The van der Waals surface area contributed by atoms with Crippen LogP contribution in [0.3, 0.4) is 0 Å². The summed E-state index contributed by atoms with van der Waals surface area (Å²) in [6.07, 6.45) is 0. The van der Waals surface area contributed by atoms with Gasteiger partial charge in [-0.15, -0.1) is 22.7 Å². The van der Waals surface area contributed by atoms with Crippen LogP contribution in [-0.4, -0.2) is 0 Å². The summed E-state index contributed by atoms with van der Waals surface area (Å²) >= 11 is 3.74. The number of thiophene rings is 2. The van der Waals surface area contributed by atoms with Gasteiger partial charge in [0.25, 0.3) is 0 Å². The number of anilines is 3. The van der Waals surface area contributed by atoms with Crippen LogP contribution in [0.25, 0.3) is 73.7 Å². The molecule has 10 aromatic carbocycles. The molecule has 1 aliphatic rings. The van der Waals surface area contributed by atoms with Crippen LogP contribution in [-0.2, 0) is 5.41 Å². The third kappa shape index (κ3) is 5.55. The maximum absolute atomic E-state index is 2.48. The second-order valence-electron chi connectivity index (χ2n) is 16.7. The van der Waals surface area contributed by atoms with Gasteiger partial charge in [0.15, 0.2) is 0 Å². The molecule has 0 radical (unpaired) electrons. The van der Waals surface area contributed by atoms with Crippen molar-refractivity contribution in [3.63, 3.8) is 0 Å². The van der Waals surface area contributed by atoms with Gasteiger partial charge in [0, 0.05) is 57.3 Å². The molecule has 13 rings (SSSR count). The third-order valence-electron chi connectivity index (χ3n) is 13.4. The number of nitrogens with zero attached hydrogens (tertiary/aromatic N) is 1. The van der Waals surface area contributed by atoms with E-state index in [2.05, 4.69) is 241 Å². The van der Waals surface area contributed by atoms with Crippen molar-refractivity contribution in [1.82, 2.24) is 0 Å². The lowest BCUT2D eigenvalue weighted by Gasteiger charge is -2.34. The number of hydrogen-bond acceptors (Lipinski definition) is 3. The molecule has 300 valence electrons. The molecule has 0 atom stereocenters. The molecule has 64 heavy (non-hydrogen) atoms. The van der Waals surface area contributed by atoms with E-state index in [4.69, 9.17) is 0 Å². The van der Waals surface area contributed by atoms with Gasteiger partial charge >= 0.3 is 0 Å². The lowest BCUT2D eigenvalue weighted by molar-refractivity contribution is 0.768. The zero-order chi connectivity index (χ0) is 42.2. The molecule has 0 bridgehead atoms. The van der Waals surface area contributed by atoms with Crippen LogP contribution in [0.1, 0.15) is 22.3 Å². The minimum Gasteiger partial charge on any atom is -0.310 e. The van der Waals surface area contributed by atoms with E-state index in [-0.39, 0.29) is 0 Å². The SMILES string of the molecule is c1ccc(C2(c3ccccc3)c3ccccc3-c3c(N(c4ccc(-c5cccc6sc7ccccc7c56)cc4)c4ccc(-c5cccc6sc7ccccc7c56)cc4)cccc32)cc1. The highest BCUT2D eigenvalue weighted by atomic mass is 32.1. The van der Waals surface area contributed by atoms with Crippen LogP contribution in [0.2, 0.25) is 0 Å². The van der Waals surface area contributed by atoms with Gasteiger partial charge in [-0.05, 0) is 105 Å². The Morgan fingerprint density at radius 1 is 0.312 bits per heavy atom. The van der Waals surface area contributed by atoms with E-state index >= 15 is 0 Å². The predicted octanol–water partition coefficient (Wildman–Crippen LogP) is 17.6. The van der Waals surface area contributed by atoms with Gasteiger partial charge in [0.05, 0.1) is 11.1 Å². The Balaban J connectivity index is 1.03. The largest absolute Gasteiger partial charge is 0.310 e. The van der Waals surface area contributed by atoms with Gasteiger partial charge in [-0.3, -0.25) is 0 Å². The van der Waals surface area contributed by atoms with Gasteiger partial charge in [-0.1, -0.05) is 182 Å². The fraction of sp³-hybridized carbons (Fsp3) is 0.0164. The quantitative estimate of drug-likeness (QED) is 0.154. The zero-order valence-electron chi connectivity index (χ0n) is 34.8. The van der Waals surface area contributed by atoms with Crippen LogP contribution < -0.4 is 4.90 Å². The van der Waals surface area contributed by atoms with Crippen molar-refractivity contribution in [3.8, 4) is 33.4 Å². The van der Waals surface area contributed by atoms with Gasteiger partial charge in [0.2, 0.25) is 0 Å². The summed E-state index contributed by atoms with van der Waals surface area (Å²) in [7, 11) is 0. The second-order valence-corrected chi connectivity index (χ2v) is 18.9. The first-order valence-corrected chi connectivity index (χ1v) is 23.5. The molecule has 0 aliphatic heterocycles. The minimum atomic E-state index is -0.506. The smallest absolute Gasteiger partial charge is 0.0714 e. The first-order chi connectivity index (χ1) is 31.8. The first-order valence-electron chi connectivity index (χ1n) is 21.9. The van der Waals surface area contributed by atoms with Gasteiger partial charge in [-0.2, -0.15) is 0 Å². The monoisotopic (exact) mass is 849 g/mol. The summed E-state index contributed by atoms with van der Waals surface area (Å²) in [5.74, 6) is 0. The van der Waals surface area contributed by atoms with Crippen molar-refractivity contribution in [2.24, 2.45) is 0 Å². The Morgan fingerprint density at radius 3 is 1.28 bits per heavy atom. The molecular weight excluding hydrogens is 811 g/mol. The summed E-state index contributed by atoms with van der Waals surface area (Å²) in [4.78, 5) is 2.48. The molecule has 0 spiro atoms. The number of rotatable bonds is 7. The molecule has 12 aromatic rings. The van der Waals surface area contributed by atoms with Crippen molar-refractivity contribution >= 4 is 80.1 Å². The van der Waals surface area contributed by atoms with E-state index in [1.165, 1.54) is 96.0 Å². The van der Waals surface area contributed by atoms with Crippen molar-refractivity contribution < 1.29 is 0 Å². The summed E-state index contributed by atoms with van der Waals surface area (Å²) in [5, 5.41) is 5.28. The van der Waals surface area contributed by atoms with E-state index in [9.17, 15) is 0 Å². The molecule has 3 heteroatoms. The predicted molar refractivity (Wildman–Crippen MR) is 275 cm³/mol. The highest BCUT2D eigenvalue weighted by Crippen LogP contribution is 2.59. The fourth-order valence-corrected chi connectivity index (χ4v) is 13.0. The van der Waals surface area contributed by atoms with Crippen LogP contribution in [0, 0.1) is 0 Å². The third-order valence-corrected chi connectivity index (χ3v) is 15.7. The number of hydrogen-bond donors (Lipinski definition) is 0. The summed E-state index contributed by atoms with van der Waals surface area (Å²) in [6, 6.07) is 87.7. The number of benzene rings is 10. The molecular formula is C61H39NS2. The van der Waals surface area contributed by atoms with Gasteiger partial charge in [0.1, 0.15) is 0 Å². The molecule has 2 heterocycles. The summed E-state index contributed by atoms with van der Waals surface area (Å²) in [6.45, 7) is 0. The Bertz CT molecular complexity index is 3520. The topological polar surface area (TPSA) is 3.24 Å². The summed E-state index contributed by atoms with van der Waals surface area (Å²) in [5.41, 5.74) is 15.4. The van der Waals surface area contributed by atoms with Gasteiger partial charge in [-0.25, -0.2) is 0 Å². The maximum atomic E-state index is 2.48. The van der Waals surface area contributed by atoms with Crippen LogP contribution in [0.5, 0.6) is 0 Å². The molecule has 0 unspecified atom stereocenters. The van der Waals surface area contributed by atoms with Gasteiger partial charge < -0.3 is 4.90 Å². The highest BCUT2D eigenvalue weighted by Gasteiger charge is 2.47.